The zero-order valence-electron chi connectivity index (χ0n) is 14.9. The molecule has 1 aromatic carbocycles. The minimum Gasteiger partial charge on any atom is -0.493 e. The fourth-order valence-electron chi connectivity index (χ4n) is 3.81. The molecule has 4 nitrogen and oxygen atoms in total. The van der Waals surface area contributed by atoms with Crippen molar-refractivity contribution in [2.45, 2.75) is 51.4 Å². The van der Waals surface area contributed by atoms with Crippen LogP contribution in [-0.4, -0.2) is 25.3 Å². The third-order valence-corrected chi connectivity index (χ3v) is 5.42. The molecule has 3 aliphatic rings. The summed E-state index contributed by atoms with van der Waals surface area (Å²) in [5, 5.41) is 0. The van der Waals surface area contributed by atoms with Crippen molar-refractivity contribution in [3.05, 3.63) is 35.5 Å². The molecule has 132 valence electrons. The fraction of sp³-hybridized carbons (Fsp3) is 0.524. The second-order valence-corrected chi connectivity index (χ2v) is 7.29. The van der Waals surface area contributed by atoms with Crippen LogP contribution in [0.25, 0.3) is 0 Å². The van der Waals surface area contributed by atoms with Crippen LogP contribution in [0.15, 0.2) is 35.0 Å². The summed E-state index contributed by atoms with van der Waals surface area (Å²) in [5.41, 5.74) is 3.41. The average molecular weight is 338 g/mol. The molecule has 0 radical (unpaired) electrons. The minimum absolute atomic E-state index is 0.251. The largest absolute Gasteiger partial charge is 0.493 e. The number of amides is 1. The highest BCUT2D eigenvalue weighted by Crippen LogP contribution is 2.40. The molecule has 0 bridgehead atoms. The van der Waals surface area contributed by atoms with E-state index in [-0.39, 0.29) is 5.91 Å². The van der Waals surface area contributed by atoms with E-state index in [1.54, 1.807) is 0 Å². The van der Waals surface area contributed by atoms with Crippen molar-refractivity contribution in [3.63, 3.8) is 0 Å². The molecule has 0 N–H and O–H groups in total. The van der Waals surface area contributed by atoms with Crippen LogP contribution in [-0.2, 0) is 4.79 Å². The summed E-state index contributed by atoms with van der Waals surface area (Å²) in [4.78, 5) is 19.0. The van der Waals surface area contributed by atoms with Crippen LogP contribution in [0.3, 0.4) is 0 Å². The quantitative estimate of drug-likeness (QED) is 0.769. The first-order valence-corrected chi connectivity index (χ1v) is 9.53. The van der Waals surface area contributed by atoms with Crippen LogP contribution in [0.4, 0.5) is 5.69 Å². The standard InChI is InChI=1S/C21H26N2O2/c1-2-23(21(24)12-15-5-6-15)18-7-8-20-19(14-18)16(9-11-25-20)13-17-4-3-10-22-17/h4,7-8,10,14-16H,2-3,5-6,9,11-13H2,1H3. The van der Waals surface area contributed by atoms with Crippen LogP contribution in [0.2, 0.25) is 0 Å². The molecule has 1 amide bonds. The van der Waals surface area contributed by atoms with Gasteiger partial charge in [-0.25, -0.2) is 0 Å². The van der Waals surface area contributed by atoms with Crippen molar-refractivity contribution in [1.29, 1.82) is 0 Å². The molecule has 0 spiro atoms. The van der Waals surface area contributed by atoms with E-state index in [4.69, 9.17) is 4.74 Å². The number of benzene rings is 1. The smallest absolute Gasteiger partial charge is 0.227 e. The van der Waals surface area contributed by atoms with Crippen LogP contribution in [0.1, 0.15) is 56.9 Å². The zero-order valence-corrected chi connectivity index (χ0v) is 14.9. The molecular formula is C21H26N2O2. The van der Waals surface area contributed by atoms with Gasteiger partial charge in [-0.2, -0.15) is 0 Å². The third kappa shape index (κ3) is 3.63. The molecule has 1 saturated carbocycles. The second kappa shape index (κ2) is 7.03. The Labute approximate surface area is 149 Å². The minimum atomic E-state index is 0.251. The molecule has 1 aromatic rings. The monoisotopic (exact) mass is 338 g/mol. The molecule has 4 rings (SSSR count). The van der Waals surface area contributed by atoms with Gasteiger partial charge in [0.25, 0.3) is 0 Å². The van der Waals surface area contributed by atoms with Gasteiger partial charge >= 0.3 is 0 Å². The molecule has 0 saturated heterocycles. The predicted molar refractivity (Wildman–Crippen MR) is 100 cm³/mol. The number of ether oxygens (including phenoxy) is 1. The van der Waals surface area contributed by atoms with E-state index in [9.17, 15) is 4.79 Å². The lowest BCUT2D eigenvalue weighted by Crippen LogP contribution is -2.31. The number of hydrogen-bond donors (Lipinski definition) is 0. The van der Waals surface area contributed by atoms with Gasteiger partial charge < -0.3 is 9.64 Å². The lowest BCUT2D eigenvalue weighted by molar-refractivity contribution is -0.118. The van der Waals surface area contributed by atoms with Gasteiger partial charge in [0, 0.05) is 37.0 Å². The highest BCUT2D eigenvalue weighted by molar-refractivity contribution is 5.93. The Morgan fingerprint density at radius 2 is 2.20 bits per heavy atom. The van der Waals surface area contributed by atoms with Crippen LogP contribution < -0.4 is 9.64 Å². The Morgan fingerprint density at radius 1 is 1.32 bits per heavy atom. The molecule has 2 heterocycles. The molecule has 1 unspecified atom stereocenters. The summed E-state index contributed by atoms with van der Waals surface area (Å²) in [6, 6.07) is 6.24. The molecule has 1 aliphatic carbocycles. The third-order valence-electron chi connectivity index (χ3n) is 5.42. The molecule has 25 heavy (non-hydrogen) atoms. The Morgan fingerprint density at radius 3 is 2.92 bits per heavy atom. The van der Waals surface area contributed by atoms with Crippen molar-refractivity contribution in [1.82, 2.24) is 0 Å². The number of hydrogen-bond acceptors (Lipinski definition) is 3. The van der Waals surface area contributed by atoms with Crippen LogP contribution in [0, 0.1) is 5.92 Å². The van der Waals surface area contributed by atoms with Gasteiger partial charge in [0.1, 0.15) is 5.75 Å². The van der Waals surface area contributed by atoms with Crippen LogP contribution >= 0.6 is 0 Å². The number of aliphatic imine (C=N–C) groups is 1. The Balaban J connectivity index is 1.57. The number of carbonyl (C=O) groups is 1. The first kappa shape index (κ1) is 16.4. The van der Waals surface area contributed by atoms with E-state index in [0.717, 1.165) is 37.3 Å². The Bertz CT molecular complexity index is 719. The lowest BCUT2D eigenvalue weighted by Gasteiger charge is -2.29. The molecule has 4 heteroatoms. The Hall–Kier alpha value is -2.10. The van der Waals surface area contributed by atoms with Gasteiger partial charge in [-0.1, -0.05) is 6.08 Å². The molecular weight excluding hydrogens is 312 g/mol. The number of carbonyl (C=O) groups excluding carboxylic acids is 1. The summed E-state index contributed by atoms with van der Waals surface area (Å²) in [7, 11) is 0. The highest BCUT2D eigenvalue weighted by Gasteiger charge is 2.28. The fourth-order valence-corrected chi connectivity index (χ4v) is 3.81. The maximum Gasteiger partial charge on any atom is 0.227 e. The average Bonchev–Trinajstić information content (AvgIpc) is 3.28. The number of rotatable bonds is 6. The predicted octanol–water partition coefficient (Wildman–Crippen LogP) is 4.45. The van der Waals surface area contributed by atoms with Gasteiger partial charge in [-0.3, -0.25) is 9.79 Å². The van der Waals surface area contributed by atoms with Gasteiger partial charge in [0.2, 0.25) is 5.91 Å². The molecule has 0 aromatic heterocycles. The summed E-state index contributed by atoms with van der Waals surface area (Å²) in [6.07, 6.45) is 10.2. The number of fused-ring (bicyclic) bond motifs is 1. The van der Waals surface area contributed by atoms with Crippen molar-refractivity contribution < 1.29 is 9.53 Å². The van der Waals surface area contributed by atoms with E-state index in [2.05, 4.69) is 24.1 Å². The zero-order chi connectivity index (χ0) is 17.2. The highest BCUT2D eigenvalue weighted by atomic mass is 16.5. The van der Waals surface area contributed by atoms with Crippen LogP contribution in [0.5, 0.6) is 5.75 Å². The SMILES string of the molecule is CCN(C(=O)CC1CC1)c1ccc2c(c1)C(CC1=CCC=N1)CCO2. The summed E-state index contributed by atoms with van der Waals surface area (Å²) < 4.78 is 5.86. The summed E-state index contributed by atoms with van der Waals surface area (Å²) in [6.45, 7) is 3.52. The number of nitrogens with zero attached hydrogens (tertiary/aromatic N) is 2. The van der Waals surface area contributed by atoms with Crippen molar-refractivity contribution >= 4 is 17.8 Å². The van der Waals surface area contributed by atoms with E-state index >= 15 is 0 Å². The van der Waals surface area contributed by atoms with Crippen molar-refractivity contribution in [2.24, 2.45) is 10.9 Å². The maximum atomic E-state index is 12.6. The topological polar surface area (TPSA) is 41.9 Å². The maximum absolute atomic E-state index is 12.6. The molecule has 1 atom stereocenters. The summed E-state index contributed by atoms with van der Waals surface area (Å²) in [5.74, 6) is 2.25. The van der Waals surface area contributed by atoms with E-state index in [0.29, 0.717) is 24.8 Å². The number of anilines is 1. The van der Waals surface area contributed by atoms with Gasteiger partial charge in [0.05, 0.1) is 6.61 Å². The van der Waals surface area contributed by atoms with E-state index in [1.165, 1.54) is 24.1 Å². The lowest BCUT2D eigenvalue weighted by atomic mass is 9.88. The summed E-state index contributed by atoms with van der Waals surface area (Å²) >= 11 is 0. The van der Waals surface area contributed by atoms with Gasteiger partial charge in [-0.15, -0.1) is 0 Å². The molecule has 1 fully saturated rings. The van der Waals surface area contributed by atoms with Gasteiger partial charge in [0.15, 0.2) is 0 Å². The normalized spacial score (nSPS) is 21.5. The number of allylic oxidation sites excluding steroid dienone is 2. The molecule has 2 aliphatic heterocycles. The Kier molecular flexibility index (Phi) is 4.60. The van der Waals surface area contributed by atoms with E-state index in [1.807, 2.05) is 23.2 Å². The first-order chi connectivity index (χ1) is 12.2. The first-order valence-electron chi connectivity index (χ1n) is 9.53. The van der Waals surface area contributed by atoms with E-state index < -0.39 is 0 Å². The van der Waals surface area contributed by atoms with Gasteiger partial charge in [-0.05, 0) is 68.2 Å². The second-order valence-electron chi connectivity index (χ2n) is 7.29. The van der Waals surface area contributed by atoms with Crippen molar-refractivity contribution in [3.8, 4) is 5.75 Å². The van der Waals surface area contributed by atoms with Crippen molar-refractivity contribution in [2.75, 3.05) is 18.1 Å².